The topological polar surface area (TPSA) is 116 Å². The fourth-order valence-corrected chi connectivity index (χ4v) is 3.83. The number of carboxylic acids is 1. The van der Waals surface area contributed by atoms with Gasteiger partial charge in [-0.15, -0.1) is 0 Å². The Morgan fingerprint density at radius 3 is 2.22 bits per heavy atom. The van der Waals surface area contributed by atoms with Gasteiger partial charge in [0.1, 0.15) is 12.6 Å². The van der Waals surface area contributed by atoms with Crippen LogP contribution in [0.1, 0.15) is 25.0 Å². The summed E-state index contributed by atoms with van der Waals surface area (Å²) in [6.07, 6.45) is -1.48. The summed E-state index contributed by atoms with van der Waals surface area (Å²) < 4.78 is 5.17. The van der Waals surface area contributed by atoms with E-state index in [4.69, 9.17) is 4.74 Å². The Bertz CT molecular complexity index is 1180. The molecule has 0 spiro atoms. The Morgan fingerprint density at radius 1 is 0.889 bits per heavy atom. The minimum absolute atomic E-state index is 0.0000431. The summed E-state index contributed by atoms with van der Waals surface area (Å²) in [6.45, 7) is 3.66. The number of benzene rings is 3. The van der Waals surface area contributed by atoms with Gasteiger partial charge >= 0.3 is 18.0 Å². The maximum absolute atomic E-state index is 13.0. The molecule has 8 nitrogen and oxygen atoms in total. The van der Waals surface area contributed by atoms with Crippen LogP contribution >= 0.6 is 0 Å². The van der Waals surface area contributed by atoms with Gasteiger partial charge in [-0.3, -0.25) is 0 Å². The van der Waals surface area contributed by atoms with Crippen molar-refractivity contribution in [3.8, 4) is 0 Å². The van der Waals surface area contributed by atoms with Crippen molar-refractivity contribution in [2.24, 2.45) is 5.92 Å². The van der Waals surface area contributed by atoms with Crippen molar-refractivity contribution in [1.82, 2.24) is 10.2 Å². The van der Waals surface area contributed by atoms with Crippen LogP contribution < -0.4 is 5.32 Å². The standard InChI is InChI=1S/C28H32N2O6/c1-19(2)16-30(17-25(31)27(34)36-18-20-8-4-3-5-9-20)28(35)29-24(26(32)33)15-21-12-13-22-10-6-7-11-23(22)14-21/h3-14,19,24-25,31H,15-18H2,1-2H3,(H,29,35)(H,32,33)/t24-,25-/m1/s1. The minimum Gasteiger partial charge on any atom is -0.480 e. The first-order valence-electron chi connectivity index (χ1n) is 11.9. The smallest absolute Gasteiger partial charge is 0.337 e. The zero-order valence-electron chi connectivity index (χ0n) is 20.5. The van der Waals surface area contributed by atoms with Crippen LogP contribution in [-0.2, 0) is 27.4 Å². The Hall–Kier alpha value is -3.91. The van der Waals surface area contributed by atoms with Crippen LogP contribution in [0.5, 0.6) is 0 Å². The highest BCUT2D eigenvalue weighted by atomic mass is 16.5. The van der Waals surface area contributed by atoms with E-state index in [9.17, 15) is 24.6 Å². The highest BCUT2D eigenvalue weighted by Crippen LogP contribution is 2.17. The molecule has 36 heavy (non-hydrogen) atoms. The molecule has 0 aliphatic carbocycles. The number of nitrogens with one attached hydrogen (secondary N) is 1. The number of rotatable bonds is 11. The molecule has 8 heteroatoms. The van der Waals surface area contributed by atoms with E-state index in [1.54, 1.807) is 12.1 Å². The number of ether oxygens (including phenoxy) is 1. The third kappa shape index (κ3) is 7.81. The van der Waals surface area contributed by atoms with Crippen LogP contribution in [0.25, 0.3) is 10.8 Å². The number of aliphatic carboxylic acids is 1. The number of carbonyl (C=O) groups excluding carboxylic acids is 2. The lowest BCUT2D eigenvalue weighted by Gasteiger charge is -2.28. The van der Waals surface area contributed by atoms with Crippen molar-refractivity contribution in [3.05, 3.63) is 83.9 Å². The molecule has 2 atom stereocenters. The molecule has 3 rings (SSSR count). The number of hydrogen-bond acceptors (Lipinski definition) is 5. The van der Waals surface area contributed by atoms with Crippen molar-refractivity contribution in [2.45, 2.75) is 39.0 Å². The normalized spacial score (nSPS) is 12.7. The summed E-state index contributed by atoms with van der Waals surface area (Å²) in [5, 5.41) is 24.7. The average molecular weight is 493 g/mol. The molecule has 0 bridgehead atoms. The maximum Gasteiger partial charge on any atom is 0.337 e. The number of urea groups is 1. The Balaban J connectivity index is 1.64. The van der Waals surface area contributed by atoms with Crippen LogP contribution in [0.15, 0.2) is 72.8 Å². The number of aliphatic hydroxyl groups excluding tert-OH is 1. The number of aliphatic hydroxyl groups is 1. The molecule has 0 unspecified atom stereocenters. The highest BCUT2D eigenvalue weighted by molar-refractivity contribution is 5.85. The maximum atomic E-state index is 13.0. The number of hydrogen-bond donors (Lipinski definition) is 3. The molecule has 3 aromatic carbocycles. The summed E-state index contributed by atoms with van der Waals surface area (Å²) in [5.41, 5.74) is 1.54. The summed E-state index contributed by atoms with van der Waals surface area (Å²) in [6, 6.07) is 20.6. The molecule has 190 valence electrons. The predicted molar refractivity (Wildman–Crippen MR) is 136 cm³/mol. The van der Waals surface area contributed by atoms with Gasteiger partial charge in [-0.05, 0) is 27.8 Å². The van der Waals surface area contributed by atoms with Crippen LogP contribution in [0.3, 0.4) is 0 Å². The van der Waals surface area contributed by atoms with E-state index in [0.717, 1.165) is 21.9 Å². The summed E-state index contributed by atoms with van der Waals surface area (Å²) in [7, 11) is 0. The van der Waals surface area contributed by atoms with E-state index in [2.05, 4.69) is 5.32 Å². The van der Waals surface area contributed by atoms with Crippen LogP contribution in [0.2, 0.25) is 0 Å². The van der Waals surface area contributed by atoms with Gasteiger partial charge in [-0.2, -0.15) is 0 Å². The van der Waals surface area contributed by atoms with Crippen molar-refractivity contribution in [1.29, 1.82) is 0 Å². The van der Waals surface area contributed by atoms with Crippen molar-refractivity contribution < 1.29 is 29.3 Å². The number of carbonyl (C=O) groups is 3. The van der Waals surface area contributed by atoms with Crippen LogP contribution in [0, 0.1) is 5.92 Å². The number of esters is 1. The van der Waals surface area contributed by atoms with Gasteiger partial charge in [0.25, 0.3) is 0 Å². The number of carboxylic acid groups (broad SMARTS) is 1. The van der Waals surface area contributed by atoms with Gasteiger partial charge in [0.15, 0.2) is 6.10 Å². The lowest BCUT2D eigenvalue weighted by Crippen LogP contribution is -2.52. The molecule has 0 aliphatic rings. The quantitative estimate of drug-likeness (QED) is 0.352. The third-order valence-corrected chi connectivity index (χ3v) is 5.61. The zero-order valence-corrected chi connectivity index (χ0v) is 20.5. The second-order valence-electron chi connectivity index (χ2n) is 9.13. The van der Waals surface area contributed by atoms with Crippen LogP contribution in [-0.4, -0.2) is 58.3 Å². The molecule has 0 aliphatic heterocycles. The molecule has 3 N–H and O–H groups in total. The largest absolute Gasteiger partial charge is 0.480 e. The fourth-order valence-electron chi connectivity index (χ4n) is 3.83. The predicted octanol–water partition coefficient (Wildman–Crippen LogP) is 3.61. The first kappa shape index (κ1) is 26.7. The number of amides is 2. The summed E-state index contributed by atoms with van der Waals surface area (Å²) >= 11 is 0. The van der Waals surface area contributed by atoms with Gasteiger partial charge < -0.3 is 25.2 Å². The Labute approximate surface area is 210 Å². The van der Waals surface area contributed by atoms with E-state index < -0.39 is 30.1 Å². The fraction of sp³-hybridized carbons (Fsp3) is 0.321. The molecule has 0 fully saturated rings. The molecule has 2 amide bonds. The first-order valence-corrected chi connectivity index (χ1v) is 11.9. The van der Waals surface area contributed by atoms with E-state index in [1.165, 1.54) is 4.90 Å². The van der Waals surface area contributed by atoms with Crippen molar-refractivity contribution in [3.63, 3.8) is 0 Å². The molecular weight excluding hydrogens is 460 g/mol. The monoisotopic (exact) mass is 492 g/mol. The van der Waals surface area contributed by atoms with Gasteiger partial charge in [0, 0.05) is 13.0 Å². The van der Waals surface area contributed by atoms with E-state index in [0.29, 0.717) is 0 Å². The first-order chi connectivity index (χ1) is 17.2. The van der Waals surface area contributed by atoms with Gasteiger partial charge in [0.2, 0.25) is 0 Å². The molecule has 0 saturated carbocycles. The van der Waals surface area contributed by atoms with Crippen molar-refractivity contribution in [2.75, 3.05) is 13.1 Å². The third-order valence-electron chi connectivity index (χ3n) is 5.61. The SMILES string of the molecule is CC(C)CN(C[C@@H](O)C(=O)OCc1ccccc1)C(=O)N[C@H](Cc1ccc2ccccc2c1)C(=O)O. The summed E-state index contributed by atoms with van der Waals surface area (Å²) in [5.74, 6) is -2.01. The number of fused-ring (bicyclic) bond motifs is 1. The molecule has 0 aromatic heterocycles. The van der Waals surface area contributed by atoms with Crippen molar-refractivity contribution >= 4 is 28.7 Å². The van der Waals surface area contributed by atoms with Crippen LogP contribution in [0.4, 0.5) is 4.79 Å². The second-order valence-corrected chi connectivity index (χ2v) is 9.13. The molecule has 3 aromatic rings. The minimum atomic E-state index is -1.57. The van der Waals surface area contributed by atoms with E-state index >= 15 is 0 Å². The lowest BCUT2D eigenvalue weighted by atomic mass is 10.0. The van der Waals surface area contributed by atoms with E-state index in [-0.39, 0.29) is 32.0 Å². The Kier molecular flexibility index (Phi) is 9.41. The average Bonchev–Trinajstić information content (AvgIpc) is 2.86. The Morgan fingerprint density at radius 2 is 1.56 bits per heavy atom. The van der Waals surface area contributed by atoms with Gasteiger partial charge in [0.05, 0.1) is 6.54 Å². The second kappa shape index (κ2) is 12.7. The van der Waals surface area contributed by atoms with E-state index in [1.807, 2.05) is 74.5 Å². The lowest BCUT2D eigenvalue weighted by molar-refractivity contribution is -0.155. The van der Waals surface area contributed by atoms with Gasteiger partial charge in [-0.1, -0.05) is 86.6 Å². The molecular formula is C28H32N2O6. The zero-order chi connectivity index (χ0) is 26.1. The van der Waals surface area contributed by atoms with Gasteiger partial charge in [-0.25, -0.2) is 14.4 Å². The summed E-state index contributed by atoms with van der Waals surface area (Å²) in [4.78, 5) is 38.5. The highest BCUT2D eigenvalue weighted by Gasteiger charge is 2.28. The number of nitrogens with zero attached hydrogens (tertiary/aromatic N) is 1. The molecule has 0 radical (unpaired) electrons. The molecule has 0 heterocycles. The molecule has 0 saturated heterocycles.